The summed E-state index contributed by atoms with van der Waals surface area (Å²) in [5.74, 6) is 2.26. The zero-order valence-corrected chi connectivity index (χ0v) is 17.7. The maximum atomic E-state index is 4.79. The minimum Gasteiger partial charge on any atom is -0.357 e. The Kier molecular flexibility index (Phi) is 9.16. The Hall–Kier alpha value is 0.0500. The largest absolute Gasteiger partial charge is 0.357 e. The van der Waals surface area contributed by atoms with E-state index >= 15 is 0 Å². The lowest BCUT2D eigenvalue weighted by atomic mass is 9.92. The van der Waals surface area contributed by atoms with Crippen LogP contribution in [0.25, 0.3) is 0 Å². The maximum absolute atomic E-state index is 4.79. The summed E-state index contributed by atoms with van der Waals surface area (Å²) in [5.41, 5.74) is 0.0959. The number of hydrogen-bond acceptors (Lipinski definition) is 3. The summed E-state index contributed by atoms with van der Waals surface area (Å²) < 4.78 is 0. The van der Waals surface area contributed by atoms with E-state index in [1.807, 2.05) is 11.3 Å². The molecule has 0 bridgehead atoms. The molecule has 126 valence electrons. The van der Waals surface area contributed by atoms with Crippen LogP contribution in [0.3, 0.4) is 0 Å². The van der Waals surface area contributed by atoms with Crippen molar-refractivity contribution in [2.75, 3.05) is 25.4 Å². The highest BCUT2D eigenvalue weighted by molar-refractivity contribution is 14.0. The van der Waals surface area contributed by atoms with Gasteiger partial charge in [0.05, 0.1) is 6.54 Å². The van der Waals surface area contributed by atoms with E-state index in [9.17, 15) is 0 Å². The second kappa shape index (κ2) is 10.0. The predicted molar refractivity (Wildman–Crippen MR) is 112 cm³/mol. The van der Waals surface area contributed by atoms with Crippen molar-refractivity contribution in [3.05, 3.63) is 22.4 Å². The smallest absolute Gasteiger partial charge is 0.191 e. The van der Waals surface area contributed by atoms with E-state index in [2.05, 4.69) is 60.7 Å². The van der Waals surface area contributed by atoms with Gasteiger partial charge in [0, 0.05) is 28.6 Å². The molecule has 0 saturated carbocycles. The highest BCUT2D eigenvalue weighted by Gasteiger charge is 2.21. The summed E-state index contributed by atoms with van der Waals surface area (Å²) in [7, 11) is 0. The maximum Gasteiger partial charge on any atom is 0.191 e. The molecule has 1 aliphatic rings. The van der Waals surface area contributed by atoms with E-state index in [1.165, 1.54) is 23.5 Å². The average molecular weight is 453 g/mol. The molecular weight excluding hydrogens is 425 g/mol. The minimum absolute atomic E-state index is 0. The lowest BCUT2D eigenvalue weighted by Gasteiger charge is -2.22. The summed E-state index contributed by atoms with van der Waals surface area (Å²) in [5, 5.41) is 9.75. The van der Waals surface area contributed by atoms with Crippen molar-refractivity contribution < 1.29 is 0 Å². The van der Waals surface area contributed by atoms with Crippen molar-refractivity contribution in [2.24, 2.45) is 4.99 Å². The summed E-state index contributed by atoms with van der Waals surface area (Å²) >= 11 is 3.90. The van der Waals surface area contributed by atoms with E-state index < -0.39 is 0 Å². The molecule has 22 heavy (non-hydrogen) atoms. The van der Waals surface area contributed by atoms with E-state index in [-0.39, 0.29) is 29.4 Å². The number of hydrogen-bond donors (Lipinski definition) is 2. The van der Waals surface area contributed by atoms with Gasteiger partial charge in [-0.15, -0.1) is 35.3 Å². The first kappa shape index (κ1) is 20.1. The second-order valence-corrected chi connectivity index (χ2v) is 8.43. The van der Waals surface area contributed by atoms with Gasteiger partial charge in [-0.25, -0.2) is 0 Å². The monoisotopic (exact) mass is 453 g/mol. The lowest BCUT2D eigenvalue weighted by molar-refractivity contribution is 0.548. The van der Waals surface area contributed by atoms with Gasteiger partial charge in [-0.2, -0.15) is 11.8 Å². The summed E-state index contributed by atoms with van der Waals surface area (Å²) in [6, 6.07) is 4.32. The molecule has 3 nitrogen and oxygen atoms in total. The van der Waals surface area contributed by atoms with Gasteiger partial charge in [-0.1, -0.05) is 19.9 Å². The van der Waals surface area contributed by atoms with Gasteiger partial charge in [0.1, 0.15) is 0 Å². The van der Waals surface area contributed by atoms with Gasteiger partial charge in [0.25, 0.3) is 0 Å². The third-order valence-electron chi connectivity index (χ3n) is 3.69. The number of nitrogens with zero attached hydrogens (tertiary/aromatic N) is 1. The van der Waals surface area contributed by atoms with Crippen LogP contribution in [0, 0.1) is 0 Å². The van der Waals surface area contributed by atoms with Crippen LogP contribution in [0.1, 0.15) is 38.5 Å². The summed E-state index contributed by atoms with van der Waals surface area (Å²) in [6.07, 6.45) is 2.69. The Morgan fingerprint density at radius 1 is 1.41 bits per heavy atom. The fourth-order valence-electron chi connectivity index (χ4n) is 2.38. The SMILES string of the molecule is CCNC(=NCC(C)(C)c1cccs1)NCC1CCCS1.I. The van der Waals surface area contributed by atoms with Gasteiger partial charge < -0.3 is 10.6 Å². The molecule has 0 amide bonds. The molecule has 1 aromatic rings. The first-order valence-corrected chi connectivity index (χ1v) is 9.72. The Bertz CT molecular complexity index is 440. The molecule has 2 N–H and O–H groups in total. The number of thioether (sulfide) groups is 1. The fourth-order valence-corrected chi connectivity index (χ4v) is 4.42. The molecule has 0 radical (unpaired) electrons. The number of rotatable bonds is 6. The van der Waals surface area contributed by atoms with E-state index in [1.54, 1.807) is 0 Å². The lowest BCUT2D eigenvalue weighted by Crippen LogP contribution is -2.41. The molecule has 1 aliphatic heterocycles. The molecule has 2 rings (SSSR count). The average Bonchev–Trinajstić information content (AvgIpc) is 3.14. The van der Waals surface area contributed by atoms with Gasteiger partial charge in [0.15, 0.2) is 5.96 Å². The Morgan fingerprint density at radius 2 is 2.23 bits per heavy atom. The van der Waals surface area contributed by atoms with Crippen LogP contribution in [0.5, 0.6) is 0 Å². The molecule has 1 saturated heterocycles. The van der Waals surface area contributed by atoms with Crippen molar-refractivity contribution in [1.29, 1.82) is 0 Å². The zero-order valence-electron chi connectivity index (χ0n) is 13.7. The van der Waals surface area contributed by atoms with Crippen LogP contribution < -0.4 is 10.6 Å². The zero-order chi connectivity index (χ0) is 15.1. The van der Waals surface area contributed by atoms with E-state index in [4.69, 9.17) is 4.99 Å². The topological polar surface area (TPSA) is 36.4 Å². The Balaban J connectivity index is 0.00000242. The third kappa shape index (κ3) is 6.28. The standard InChI is InChI=1S/C16H27N3S2.HI/c1-4-17-15(18-11-13-7-5-9-20-13)19-12-16(2,3)14-8-6-10-21-14;/h6,8,10,13H,4-5,7,9,11-12H2,1-3H3,(H2,17,18,19);1H. The van der Waals surface area contributed by atoms with Crippen LogP contribution in [0.4, 0.5) is 0 Å². The number of halogens is 1. The summed E-state index contributed by atoms with van der Waals surface area (Å²) in [4.78, 5) is 6.19. The molecule has 6 heteroatoms. The van der Waals surface area contributed by atoms with Crippen molar-refractivity contribution >= 4 is 53.0 Å². The van der Waals surface area contributed by atoms with Crippen molar-refractivity contribution in [1.82, 2.24) is 10.6 Å². The highest BCUT2D eigenvalue weighted by atomic mass is 127. The van der Waals surface area contributed by atoms with Crippen LogP contribution >= 0.6 is 47.1 Å². The molecular formula is C16H28IN3S2. The molecule has 1 fully saturated rings. The molecule has 1 unspecified atom stereocenters. The number of guanidine groups is 1. The molecule has 2 heterocycles. The minimum atomic E-state index is 0. The third-order valence-corrected chi connectivity index (χ3v) is 6.32. The van der Waals surface area contributed by atoms with Crippen molar-refractivity contribution in [2.45, 2.75) is 44.3 Å². The van der Waals surface area contributed by atoms with Gasteiger partial charge in [-0.05, 0) is 37.0 Å². The number of nitrogens with one attached hydrogen (secondary N) is 2. The van der Waals surface area contributed by atoms with Crippen molar-refractivity contribution in [3.8, 4) is 0 Å². The van der Waals surface area contributed by atoms with Crippen LogP contribution in [0.15, 0.2) is 22.5 Å². The first-order valence-electron chi connectivity index (χ1n) is 7.79. The number of aliphatic imine (C=N–C) groups is 1. The van der Waals surface area contributed by atoms with Crippen molar-refractivity contribution in [3.63, 3.8) is 0 Å². The quantitative estimate of drug-likeness (QED) is 0.387. The van der Waals surface area contributed by atoms with Gasteiger partial charge in [-0.3, -0.25) is 4.99 Å². The van der Waals surface area contributed by atoms with Crippen LogP contribution in [-0.4, -0.2) is 36.6 Å². The molecule has 1 aromatic heterocycles. The van der Waals surface area contributed by atoms with Crippen LogP contribution in [-0.2, 0) is 5.41 Å². The highest BCUT2D eigenvalue weighted by Crippen LogP contribution is 2.28. The fraction of sp³-hybridized carbons (Fsp3) is 0.688. The van der Waals surface area contributed by atoms with Crippen LogP contribution in [0.2, 0.25) is 0 Å². The first-order chi connectivity index (χ1) is 10.1. The number of thiophene rings is 1. The molecule has 1 atom stereocenters. The second-order valence-electron chi connectivity index (χ2n) is 6.07. The predicted octanol–water partition coefficient (Wildman–Crippen LogP) is 4.09. The Morgan fingerprint density at radius 3 is 2.82 bits per heavy atom. The van der Waals surface area contributed by atoms with E-state index in [0.717, 1.165) is 30.8 Å². The van der Waals surface area contributed by atoms with Gasteiger partial charge in [0.2, 0.25) is 0 Å². The van der Waals surface area contributed by atoms with Gasteiger partial charge >= 0.3 is 0 Å². The molecule has 0 aliphatic carbocycles. The van der Waals surface area contributed by atoms with E-state index in [0.29, 0.717) is 0 Å². The Labute approximate surface area is 160 Å². The normalized spacial score (nSPS) is 18.9. The molecule has 0 aromatic carbocycles. The summed E-state index contributed by atoms with van der Waals surface area (Å²) in [6.45, 7) is 9.38. The molecule has 0 spiro atoms.